The van der Waals surface area contributed by atoms with Gasteiger partial charge in [-0.3, -0.25) is 9.59 Å². The highest BCUT2D eigenvalue weighted by Gasteiger charge is 2.27. The van der Waals surface area contributed by atoms with Gasteiger partial charge in [-0.05, 0) is 51.5 Å². The molecular formula is C27H32N4O4S. The molecule has 8 nitrogen and oxygen atoms in total. The smallest absolute Gasteiger partial charge is 0.247 e. The van der Waals surface area contributed by atoms with Crippen LogP contribution < -0.4 is 14.8 Å². The van der Waals surface area contributed by atoms with E-state index in [4.69, 9.17) is 9.47 Å². The zero-order chi connectivity index (χ0) is 26.2. The molecule has 0 bridgehead atoms. The van der Waals surface area contributed by atoms with Gasteiger partial charge in [0.05, 0.1) is 25.7 Å². The summed E-state index contributed by atoms with van der Waals surface area (Å²) in [7, 11) is 3.08. The highest BCUT2D eigenvalue weighted by atomic mass is 32.2. The van der Waals surface area contributed by atoms with Crippen molar-refractivity contribution in [2.75, 3.05) is 25.3 Å². The summed E-state index contributed by atoms with van der Waals surface area (Å²) < 4.78 is 10.6. The van der Waals surface area contributed by atoms with Crippen molar-refractivity contribution >= 4 is 29.3 Å². The highest BCUT2D eigenvalue weighted by Crippen LogP contribution is 2.29. The van der Waals surface area contributed by atoms with E-state index in [1.807, 2.05) is 51.1 Å². The second kappa shape index (κ2) is 12.4. The topological polar surface area (TPSA) is 93.7 Å². The molecule has 3 rings (SSSR count). The van der Waals surface area contributed by atoms with E-state index in [0.29, 0.717) is 28.9 Å². The number of hydrogen-bond acceptors (Lipinski definition) is 7. The summed E-state index contributed by atoms with van der Waals surface area (Å²) in [6.45, 7) is 7.80. The van der Waals surface area contributed by atoms with Crippen LogP contribution in [0.1, 0.15) is 29.4 Å². The lowest BCUT2D eigenvalue weighted by Gasteiger charge is -2.29. The second-order valence-corrected chi connectivity index (χ2v) is 9.40. The van der Waals surface area contributed by atoms with E-state index in [-0.39, 0.29) is 17.6 Å². The van der Waals surface area contributed by atoms with Crippen molar-refractivity contribution in [1.82, 2.24) is 14.9 Å². The first-order valence-corrected chi connectivity index (χ1v) is 12.5. The van der Waals surface area contributed by atoms with Crippen molar-refractivity contribution in [1.29, 1.82) is 0 Å². The average molecular weight is 509 g/mol. The van der Waals surface area contributed by atoms with Crippen molar-refractivity contribution in [3.63, 3.8) is 0 Å². The van der Waals surface area contributed by atoms with Gasteiger partial charge in [0.1, 0.15) is 17.5 Å². The fraction of sp³-hybridized carbons (Fsp3) is 0.333. The lowest BCUT2D eigenvalue weighted by atomic mass is 10.1. The van der Waals surface area contributed by atoms with Gasteiger partial charge in [0.2, 0.25) is 11.8 Å². The molecule has 0 fully saturated rings. The van der Waals surface area contributed by atoms with Crippen LogP contribution in [0.25, 0.3) is 0 Å². The maximum absolute atomic E-state index is 13.4. The Morgan fingerprint density at radius 1 is 0.972 bits per heavy atom. The Morgan fingerprint density at radius 2 is 1.64 bits per heavy atom. The van der Waals surface area contributed by atoms with Crippen LogP contribution in [0, 0.1) is 20.8 Å². The zero-order valence-corrected chi connectivity index (χ0v) is 22.3. The molecule has 0 spiro atoms. The fourth-order valence-electron chi connectivity index (χ4n) is 3.58. The van der Waals surface area contributed by atoms with E-state index in [1.165, 1.54) is 18.9 Å². The number of hydrogen-bond donors (Lipinski definition) is 1. The zero-order valence-electron chi connectivity index (χ0n) is 21.5. The average Bonchev–Trinajstić information content (AvgIpc) is 2.86. The summed E-state index contributed by atoms with van der Waals surface area (Å²) in [5.74, 6) is 0.672. The monoisotopic (exact) mass is 508 g/mol. The summed E-state index contributed by atoms with van der Waals surface area (Å²) >= 11 is 1.26. The molecule has 0 aliphatic rings. The van der Waals surface area contributed by atoms with E-state index < -0.39 is 6.04 Å². The molecule has 1 atom stereocenters. The molecule has 1 aromatic heterocycles. The summed E-state index contributed by atoms with van der Waals surface area (Å²) in [4.78, 5) is 37.0. The van der Waals surface area contributed by atoms with Crippen LogP contribution >= 0.6 is 11.8 Å². The van der Waals surface area contributed by atoms with Crippen molar-refractivity contribution in [3.8, 4) is 11.5 Å². The van der Waals surface area contributed by atoms with Crippen LogP contribution in [-0.2, 0) is 16.1 Å². The van der Waals surface area contributed by atoms with Crippen molar-refractivity contribution in [2.45, 2.75) is 45.4 Å². The SMILES string of the molecule is COc1ccc(NC(=O)C(C)N(Cc2ccc(C)cc2)C(=O)CSc2nc(C)cc(C)n2)c(OC)c1. The number of carbonyl (C=O) groups excluding carboxylic acids is 2. The van der Waals surface area contributed by atoms with Crippen LogP contribution in [0.3, 0.4) is 0 Å². The molecule has 3 aromatic rings. The molecule has 9 heteroatoms. The minimum absolute atomic E-state index is 0.109. The number of methoxy groups -OCH3 is 2. The summed E-state index contributed by atoms with van der Waals surface area (Å²) in [5, 5.41) is 3.42. The van der Waals surface area contributed by atoms with E-state index in [9.17, 15) is 9.59 Å². The highest BCUT2D eigenvalue weighted by molar-refractivity contribution is 7.99. The van der Waals surface area contributed by atoms with Gasteiger partial charge in [-0.15, -0.1) is 0 Å². The number of rotatable bonds is 10. The third kappa shape index (κ3) is 7.21. The Balaban J connectivity index is 1.80. The molecule has 1 N–H and O–H groups in total. The van der Waals surface area contributed by atoms with Gasteiger partial charge in [0.25, 0.3) is 0 Å². The maximum Gasteiger partial charge on any atom is 0.247 e. The number of ether oxygens (including phenoxy) is 2. The Bertz CT molecular complexity index is 1200. The molecule has 36 heavy (non-hydrogen) atoms. The summed E-state index contributed by atoms with van der Waals surface area (Å²) in [5.41, 5.74) is 4.24. The number of nitrogens with zero attached hydrogens (tertiary/aromatic N) is 3. The van der Waals surface area contributed by atoms with Gasteiger partial charge >= 0.3 is 0 Å². The molecule has 0 aliphatic heterocycles. The first-order chi connectivity index (χ1) is 17.2. The lowest BCUT2D eigenvalue weighted by Crippen LogP contribution is -2.46. The molecule has 0 aliphatic carbocycles. The third-order valence-electron chi connectivity index (χ3n) is 5.59. The lowest BCUT2D eigenvalue weighted by molar-refractivity contribution is -0.136. The number of amides is 2. The van der Waals surface area contributed by atoms with E-state index in [0.717, 1.165) is 22.5 Å². The minimum Gasteiger partial charge on any atom is -0.497 e. The Kier molecular flexibility index (Phi) is 9.30. The van der Waals surface area contributed by atoms with Crippen LogP contribution in [0.15, 0.2) is 53.7 Å². The number of aryl methyl sites for hydroxylation is 3. The quantitative estimate of drug-likeness (QED) is 0.317. The van der Waals surface area contributed by atoms with Crippen molar-refractivity contribution < 1.29 is 19.1 Å². The third-order valence-corrected chi connectivity index (χ3v) is 6.43. The molecule has 190 valence electrons. The standard InChI is InChI=1S/C27H32N4O4S/c1-17-7-9-21(10-8-17)15-31(25(32)16-36-27-28-18(2)13-19(3)29-27)20(4)26(33)30-23-12-11-22(34-5)14-24(23)35-6/h7-14,20H,15-16H2,1-6H3,(H,30,33). The van der Waals surface area contributed by atoms with E-state index in [1.54, 1.807) is 37.1 Å². The molecule has 0 saturated carbocycles. The Labute approximate surface area is 216 Å². The number of thioether (sulfide) groups is 1. The molecule has 0 saturated heterocycles. The van der Waals surface area contributed by atoms with E-state index in [2.05, 4.69) is 15.3 Å². The number of benzene rings is 2. The summed E-state index contributed by atoms with van der Waals surface area (Å²) in [6, 6.07) is 14.2. The largest absolute Gasteiger partial charge is 0.497 e. The number of nitrogens with one attached hydrogen (secondary N) is 1. The first-order valence-electron chi connectivity index (χ1n) is 11.5. The number of anilines is 1. The molecule has 0 radical (unpaired) electrons. The molecule has 1 unspecified atom stereocenters. The summed E-state index contributed by atoms with van der Waals surface area (Å²) in [6.07, 6.45) is 0. The fourth-order valence-corrected chi connectivity index (χ4v) is 4.41. The normalized spacial score (nSPS) is 11.5. The second-order valence-electron chi connectivity index (χ2n) is 8.46. The van der Waals surface area contributed by atoms with Crippen molar-refractivity contribution in [2.24, 2.45) is 0 Å². The molecule has 2 amide bonds. The maximum atomic E-state index is 13.4. The first kappa shape index (κ1) is 27.0. The molecule has 2 aromatic carbocycles. The number of aromatic nitrogens is 2. The predicted molar refractivity (Wildman–Crippen MR) is 142 cm³/mol. The number of carbonyl (C=O) groups is 2. The van der Waals surface area contributed by atoms with Gasteiger partial charge in [-0.25, -0.2) is 9.97 Å². The minimum atomic E-state index is -0.744. The van der Waals surface area contributed by atoms with Crippen LogP contribution in [0.2, 0.25) is 0 Å². The Morgan fingerprint density at radius 3 is 2.25 bits per heavy atom. The van der Waals surface area contributed by atoms with Gasteiger partial charge in [0, 0.05) is 24.0 Å². The molecule has 1 heterocycles. The van der Waals surface area contributed by atoms with Crippen LogP contribution in [0.5, 0.6) is 11.5 Å². The van der Waals surface area contributed by atoms with Crippen molar-refractivity contribution in [3.05, 3.63) is 71.0 Å². The van der Waals surface area contributed by atoms with Gasteiger partial charge < -0.3 is 19.7 Å². The van der Waals surface area contributed by atoms with Gasteiger partial charge in [-0.1, -0.05) is 41.6 Å². The van der Waals surface area contributed by atoms with Gasteiger partial charge in [-0.2, -0.15) is 0 Å². The van der Waals surface area contributed by atoms with E-state index >= 15 is 0 Å². The van der Waals surface area contributed by atoms with Crippen LogP contribution in [-0.4, -0.2) is 52.7 Å². The predicted octanol–water partition coefficient (Wildman–Crippen LogP) is 4.57. The van der Waals surface area contributed by atoms with Gasteiger partial charge in [0.15, 0.2) is 5.16 Å². The van der Waals surface area contributed by atoms with Crippen LogP contribution in [0.4, 0.5) is 5.69 Å². The molecular weight excluding hydrogens is 476 g/mol. The Hall–Kier alpha value is -3.59.